The van der Waals surface area contributed by atoms with Crippen LogP contribution in [-0.2, 0) is 38.5 Å². The maximum atomic E-state index is 11.4. The fraction of sp³-hybridized carbons (Fsp3) is 0.591. The van der Waals surface area contributed by atoms with Crippen molar-refractivity contribution < 1.29 is 39.4 Å². The van der Waals surface area contributed by atoms with Crippen LogP contribution in [0.1, 0.15) is 293 Å². The molecule has 8 nitrogen and oxygen atoms in total. The summed E-state index contributed by atoms with van der Waals surface area (Å²) in [6, 6.07) is 29.2. The Hall–Kier alpha value is -6.28. The Kier molecular flexibility index (Phi) is 36.2. The van der Waals surface area contributed by atoms with E-state index >= 15 is 0 Å². The van der Waals surface area contributed by atoms with E-state index in [1.54, 1.807) is 0 Å². The van der Waals surface area contributed by atoms with Gasteiger partial charge in [0.1, 0.15) is 72.4 Å². The zero-order chi connectivity index (χ0) is 70.1. The van der Waals surface area contributed by atoms with Gasteiger partial charge < -0.3 is 39.4 Å². The number of aromatic hydroxyl groups is 4. The third-order valence-corrected chi connectivity index (χ3v) is 19.2. The maximum Gasteiger partial charge on any atom is 0.131 e. The summed E-state index contributed by atoms with van der Waals surface area (Å²) < 4.78 is 25.9. The van der Waals surface area contributed by atoms with Crippen molar-refractivity contribution >= 4 is 0 Å². The van der Waals surface area contributed by atoms with Gasteiger partial charge in [0.05, 0.1) is 11.1 Å². The maximum absolute atomic E-state index is 11.4. The van der Waals surface area contributed by atoms with E-state index in [2.05, 4.69) is 171 Å². The van der Waals surface area contributed by atoms with Gasteiger partial charge in [-0.2, -0.15) is 0 Å². The Morgan fingerprint density at radius 1 is 0.312 bits per heavy atom. The number of phenolic OH excluding ortho intramolecular Hbond substituents is 4. The highest BCUT2D eigenvalue weighted by molar-refractivity contribution is 5.81. The number of benzene rings is 6. The average molecular weight is 1320 g/mol. The number of hydrogen-bond donors (Lipinski definition) is 4. The molecule has 0 aromatic heterocycles. The van der Waals surface area contributed by atoms with Crippen LogP contribution in [-0.4, -0.2) is 46.9 Å². The zero-order valence-corrected chi connectivity index (χ0v) is 63.2. The first-order chi connectivity index (χ1) is 46.1. The molecule has 8 heteroatoms. The Bertz CT molecular complexity index is 2990. The quantitative estimate of drug-likeness (QED) is 0.0280. The molecular formula is C88H132O8. The first kappa shape index (κ1) is 80.4. The molecule has 2 atom stereocenters. The van der Waals surface area contributed by atoms with Crippen molar-refractivity contribution in [1.29, 1.82) is 0 Å². The molecule has 0 heterocycles. The summed E-state index contributed by atoms with van der Waals surface area (Å²) in [5, 5.41) is 45.3. The third-order valence-electron chi connectivity index (χ3n) is 19.2. The summed E-state index contributed by atoms with van der Waals surface area (Å²) in [5.41, 5.74) is 14.5. The van der Waals surface area contributed by atoms with E-state index < -0.39 is 0 Å². The highest BCUT2D eigenvalue weighted by Crippen LogP contribution is 2.46. The third kappa shape index (κ3) is 27.2. The molecule has 6 rings (SSSR count). The van der Waals surface area contributed by atoms with Gasteiger partial charge in [0.2, 0.25) is 0 Å². The van der Waals surface area contributed by atoms with Crippen LogP contribution in [0, 0.1) is 37.5 Å². The predicted octanol–water partition coefficient (Wildman–Crippen LogP) is 25.0. The van der Waals surface area contributed by atoms with Crippen molar-refractivity contribution in [3.05, 3.63) is 141 Å². The lowest BCUT2D eigenvalue weighted by atomic mass is 9.89. The highest BCUT2D eigenvalue weighted by atomic mass is 16.5. The molecule has 532 valence electrons. The van der Waals surface area contributed by atoms with E-state index in [-0.39, 0.29) is 11.5 Å². The molecule has 6 aromatic rings. The van der Waals surface area contributed by atoms with Crippen molar-refractivity contribution in [2.45, 2.75) is 290 Å². The van der Waals surface area contributed by atoms with Crippen molar-refractivity contribution in [3.63, 3.8) is 0 Å². The molecule has 4 N–H and O–H groups in total. The number of phenols is 4. The molecule has 6 aromatic carbocycles. The first-order valence-corrected chi connectivity index (χ1v) is 38.2. The average Bonchev–Trinajstić information content (AvgIpc) is 0.798. The molecule has 0 aliphatic heterocycles. The minimum atomic E-state index is 0.266. The summed E-state index contributed by atoms with van der Waals surface area (Å²) in [4.78, 5) is 0. The Morgan fingerprint density at radius 3 is 0.917 bits per heavy atom. The number of unbranched alkanes of at least 4 members (excludes halogenated alkanes) is 8. The van der Waals surface area contributed by atoms with E-state index in [9.17, 15) is 20.4 Å². The van der Waals surface area contributed by atoms with Crippen molar-refractivity contribution in [2.24, 2.45) is 23.7 Å². The molecule has 96 heavy (non-hydrogen) atoms. The normalized spacial score (nSPS) is 12.2. The lowest BCUT2D eigenvalue weighted by Crippen LogP contribution is -2.12. The van der Waals surface area contributed by atoms with Crippen molar-refractivity contribution in [3.8, 4) is 68.2 Å². The molecule has 0 bridgehead atoms. The Balaban J connectivity index is 0.000000347. The van der Waals surface area contributed by atoms with Gasteiger partial charge in [-0.25, -0.2) is 0 Å². The van der Waals surface area contributed by atoms with Crippen LogP contribution >= 0.6 is 0 Å². The largest absolute Gasteiger partial charge is 0.508 e. The summed E-state index contributed by atoms with van der Waals surface area (Å²) >= 11 is 0. The Morgan fingerprint density at radius 2 is 0.615 bits per heavy atom. The number of rotatable bonds is 44. The smallest absolute Gasteiger partial charge is 0.131 e. The molecule has 0 saturated heterocycles. The monoisotopic (exact) mass is 1320 g/mol. The molecular weight excluding hydrogens is 1180 g/mol. The van der Waals surface area contributed by atoms with Gasteiger partial charge in [0.25, 0.3) is 0 Å². The number of aryl methyl sites for hydroxylation is 6. The van der Waals surface area contributed by atoms with Gasteiger partial charge in [0.15, 0.2) is 0 Å². The van der Waals surface area contributed by atoms with Crippen LogP contribution in [0.5, 0.6) is 46.0 Å². The van der Waals surface area contributed by atoms with E-state index in [1.165, 1.54) is 62.5 Å². The molecule has 0 unspecified atom stereocenters. The molecule has 0 aliphatic carbocycles. The van der Waals surface area contributed by atoms with Crippen molar-refractivity contribution in [2.75, 3.05) is 26.4 Å². The first-order valence-electron chi connectivity index (χ1n) is 38.2. The topological polar surface area (TPSA) is 118 Å². The summed E-state index contributed by atoms with van der Waals surface area (Å²) in [5.74, 6) is 7.44. The summed E-state index contributed by atoms with van der Waals surface area (Å²) in [7, 11) is 0. The van der Waals surface area contributed by atoms with Gasteiger partial charge in [-0.3, -0.25) is 0 Å². The van der Waals surface area contributed by atoms with Crippen LogP contribution in [0.4, 0.5) is 0 Å². The van der Waals surface area contributed by atoms with Gasteiger partial charge >= 0.3 is 0 Å². The molecule has 0 radical (unpaired) electrons. The number of hydrogen-bond acceptors (Lipinski definition) is 8. The van der Waals surface area contributed by atoms with Crippen LogP contribution in [0.2, 0.25) is 0 Å². The number of ether oxygens (including phenoxy) is 4. The van der Waals surface area contributed by atoms with Gasteiger partial charge in [-0.05, 0) is 219 Å². The highest BCUT2D eigenvalue weighted by Gasteiger charge is 2.23. The summed E-state index contributed by atoms with van der Waals surface area (Å²) in [6.07, 6.45) is 28.4. The van der Waals surface area contributed by atoms with Gasteiger partial charge in [0, 0.05) is 11.1 Å². The molecule has 0 saturated carbocycles. The molecule has 0 fully saturated rings. The lowest BCUT2D eigenvalue weighted by molar-refractivity contribution is 0.215. The standard InChI is InChI=1S/2C44H66O4/c2*1-9-11-13-18-35-27-40(45)38(23-20-33(7)17-15-16-31(3)4)42(29-35)47-24-25-48-43-30-36(19-14-12-10-2)28-41(46)44(43)39-26-34(8)21-22-37(39)32(5)6/h2*21-22,26-33,45-46H,9-20,23-25H2,1-8H3/t2*33-/m10/s1. The second kappa shape index (κ2) is 43.2. The fourth-order valence-corrected chi connectivity index (χ4v) is 13.3. The SMILES string of the molecule is CCCCCc1cc(O)c(CC[C@@H](C)CCCC(C)C)c(OCCOc2cc(CCCCC)cc(O)c2-c2cc(C)ccc2C(C)C)c1.CCCCCc1cc(O)c(CC[C@H](C)CCCC(C)C)c(OCCOc2cc(CCCCC)cc(O)c2-c2cc(C)ccc2C(C)C)c1. The second-order valence-corrected chi connectivity index (χ2v) is 29.8. The zero-order valence-electron chi connectivity index (χ0n) is 63.2. The van der Waals surface area contributed by atoms with Crippen LogP contribution in [0.15, 0.2) is 84.9 Å². The van der Waals surface area contributed by atoms with Crippen LogP contribution < -0.4 is 18.9 Å². The lowest BCUT2D eigenvalue weighted by Gasteiger charge is -2.20. The predicted molar refractivity (Wildman–Crippen MR) is 408 cm³/mol. The van der Waals surface area contributed by atoms with Crippen LogP contribution in [0.3, 0.4) is 0 Å². The summed E-state index contributed by atoms with van der Waals surface area (Å²) in [6.45, 7) is 37.0. The molecule has 0 amide bonds. The van der Waals surface area contributed by atoms with Crippen LogP contribution in [0.25, 0.3) is 22.3 Å². The van der Waals surface area contributed by atoms with Gasteiger partial charge in [-0.15, -0.1) is 0 Å². The van der Waals surface area contributed by atoms with Crippen molar-refractivity contribution in [1.82, 2.24) is 0 Å². The van der Waals surface area contributed by atoms with Gasteiger partial charge in [-0.1, -0.05) is 234 Å². The van der Waals surface area contributed by atoms with E-state index in [4.69, 9.17) is 18.9 Å². The fourth-order valence-electron chi connectivity index (χ4n) is 13.3. The molecule has 0 aliphatic rings. The Labute approximate surface area is 584 Å². The van der Waals surface area contributed by atoms with E-state index in [0.717, 1.165) is 206 Å². The van der Waals surface area contributed by atoms with E-state index in [1.807, 2.05) is 24.3 Å². The van der Waals surface area contributed by atoms with E-state index in [0.29, 0.717) is 73.1 Å². The second-order valence-electron chi connectivity index (χ2n) is 29.8. The minimum absolute atomic E-state index is 0.266. The minimum Gasteiger partial charge on any atom is -0.508 e. The molecule has 0 spiro atoms.